The van der Waals surface area contributed by atoms with Crippen LogP contribution in [0.1, 0.15) is 59.8 Å². The van der Waals surface area contributed by atoms with E-state index in [2.05, 4.69) is 19.2 Å². The summed E-state index contributed by atoms with van der Waals surface area (Å²) in [5.41, 5.74) is 0. The summed E-state index contributed by atoms with van der Waals surface area (Å²) in [5.74, 6) is 1.09. The number of carbonyl (C=O) groups excluding carboxylic acids is 2. The topological polar surface area (TPSA) is 83.1 Å². The molecule has 0 heterocycles. The molecule has 0 aliphatic rings. The Labute approximate surface area is 177 Å². The molecule has 0 unspecified atom stereocenters. The number of Topliss-reactive ketones (excluding diaryl/α,β-unsaturated/α-hetero) is 1. The Hall–Kier alpha value is -1.02. The maximum atomic E-state index is 11.6. The quantitative estimate of drug-likeness (QED) is 0.289. The minimum Gasteiger partial charge on any atom is -0.379 e. The van der Waals surface area contributed by atoms with Crippen molar-refractivity contribution < 1.29 is 28.5 Å². The third kappa shape index (κ3) is 21.5. The number of rotatable bonds is 21. The van der Waals surface area contributed by atoms with Gasteiger partial charge in [0, 0.05) is 25.3 Å². The highest BCUT2D eigenvalue weighted by atomic mass is 16.6. The van der Waals surface area contributed by atoms with Gasteiger partial charge in [-0.2, -0.15) is 0 Å². The summed E-state index contributed by atoms with van der Waals surface area (Å²) in [7, 11) is 0. The van der Waals surface area contributed by atoms with E-state index in [4.69, 9.17) is 18.9 Å². The van der Waals surface area contributed by atoms with Crippen molar-refractivity contribution in [3.63, 3.8) is 0 Å². The Morgan fingerprint density at radius 3 is 1.72 bits per heavy atom. The molecule has 0 aromatic heterocycles. The van der Waals surface area contributed by atoms with Gasteiger partial charge in [0.25, 0.3) is 0 Å². The molecule has 0 atom stereocenters. The Balaban J connectivity index is 3.18. The van der Waals surface area contributed by atoms with Crippen LogP contribution in [0.15, 0.2) is 0 Å². The highest BCUT2D eigenvalue weighted by Gasteiger charge is 2.06. The van der Waals surface area contributed by atoms with Crippen LogP contribution in [0.4, 0.5) is 0 Å². The summed E-state index contributed by atoms with van der Waals surface area (Å²) in [6.07, 6.45) is 4.29. The third-order valence-electron chi connectivity index (χ3n) is 4.26. The highest BCUT2D eigenvalue weighted by molar-refractivity contribution is 5.80. The lowest BCUT2D eigenvalue weighted by Gasteiger charge is -2.08. The number of hydrogen-bond acceptors (Lipinski definition) is 6. The number of ketones is 1. The fraction of sp³-hybridized carbons (Fsp3) is 0.909. The minimum absolute atomic E-state index is 0.0687. The number of hydrogen-bond donors (Lipinski definition) is 1. The van der Waals surface area contributed by atoms with Gasteiger partial charge in [-0.1, -0.05) is 40.5 Å². The van der Waals surface area contributed by atoms with Gasteiger partial charge in [-0.05, 0) is 12.3 Å². The average Bonchev–Trinajstić information content (AvgIpc) is 2.67. The summed E-state index contributed by atoms with van der Waals surface area (Å²) in [5, 5.41) is 2.87. The number of amides is 1. The predicted octanol–water partition coefficient (Wildman–Crippen LogP) is 3.00. The molecule has 0 saturated heterocycles. The third-order valence-corrected chi connectivity index (χ3v) is 4.26. The fourth-order valence-electron chi connectivity index (χ4n) is 2.41. The average molecular weight is 418 g/mol. The van der Waals surface area contributed by atoms with E-state index in [9.17, 15) is 9.59 Å². The van der Waals surface area contributed by atoms with E-state index in [1.165, 1.54) is 6.42 Å². The zero-order chi connectivity index (χ0) is 21.7. The molecule has 0 aliphatic heterocycles. The molecule has 0 saturated carbocycles. The fourth-order valence-corrected chi connectivity index (χ4v) is 2.41. The van der Waals surface area contributed by atoms with Gasteiger partial charge in [0.2, 0.25) is 5.91 Å². The smallest absolute Gasteiger partial charge is 0.220 e. The molecule has 0 aromatic carbocycles. The monoisotopic (exact) mass is 417 g/mol. The molecule has 1 amide bonds. The van der Waals surface area contributed by atoms with Crippen LogP contribution in [-0.2, 0) is 28.5 Å². The van der Waals surface area contributed by atoms with Crippen LogP contribution in [0.2, 0.25) is 0 Å². The van der Waals surface area contributed by atoms with Gasteiger partial charge >= 0.3 is 0 Å². The molecule has 7 nitrogen and oxygen atoms in total. The second kappa shape index (κ2) is 20.3. The molecule has 0 rings (SSSR count). The van der Waals surface area contributed by atoms with Crippen LogP contribution in [0.25, 0.3) is 0 Å². The number of ether oxygens (including phenoxy) is 4. The van der Waals surface area contributed by atoms with E-state index in [-0.39, 0.29) is 17.6 Å². The van der Waals surface area contributed by atoms with E-state index in [1.54, 1.807) is 0 Å². The van der Waals surface area contributed by atoms with E-state index in [1.807, 2.05) is 13.8 Å². The summed E-state index contributed by atoms with van der Waals surface area (Å²) >= 11 is 0. The minimum atomic E-state index is 0.0687. The van der Waals surface area contributed by atoms with Crippen LogP contribution in [-0.4, -0.2) is 71.1 Å². The maximum absolute atomic E-state index is 11.6. The van der Waals surface area contributed by atoms with Gasteiger partial charge in [-0.25, -0.2) is 0 Å². The molecule has 172 valence electrons. The lowest BCUT2D eigenvalue weighted by Crippen LogP contribution is -2.27. The van der Waals surface area contributed by atoms with Gasteiger partial charge < -0.3 is 24.3 Å². The first-order valence-corrected chi connectivity index (χ1v) is 11.0. The van der Waals surface area contributed by atoms with E-state index < -0.39 is 0 Å². The van der Waals surface area contributed by atoms with E-state index in [0.717, 1.165) is 12.8 Å². The van der Waals surface area contributed by atoms with Gasteiger partial charge in [-0.3, -0.25) is 9.59 Å². The Morgan fingerprint density at radius 2 is 1.21 bits per heavy atom. The SMILES string of the molecule is CC(C)CCCCC(=O)NCCOCCOCCOCCOCCC(=O)C(C)C. The van der Waals surface area contributed by atoms with Crippen LogP contribution in [0, 0.1) is 11.8 Å². The predicted molar refractivity (Wildman–Crippen MR) is 114 cm³/mol. The molecule has 1 N–H and O–H groups in total. The first-order valence-electron chi connectivity index (χ1n) is 11.0. The largest absolute Gasteiger partial charge is 0.379 e. The van der Waals surface area contributed by atoms with Crippen molar-refractivity contribution in [1.29, 1.82) is 0 Å². The van der Waals surface area contributed by atoms with Crippen molar-refractivity contribution in [2.45, 2.75) is 59.8 Å². The number of unbranched alkanes of at least 4 members (excludes halogenated alkanes) is 1. The second-order valence-electron chi connectivity index (χ2n) is 7.81. The highest BCUT2D eigenvalue weighted by Crippen LogP contribution is 2.07. The van der Waals surface area contributed by atoms with Gasteiger partial charge in [0.1, 0.15) is 5.78 Å². The molecule has 0 aromatic rings. The van der Waals surface area contributed by atoms with Crippen LogP contribution in [0.5, 0.6) is 0 Å². The normalized spacial score (nSPS) is 11.4. The van der Waals surface area contributed by atoms with Gasteiger partial charge in [0.05, 0.1) is 52.9 Å². The zero-order valence-electron chi connectivity index (χ0n) is 19.0. The number of carbonyl (C=O) groups is 2. The van der Waals surface area contributed by atoms with E-state index in [0.29, 0.717) is 78.2 Å². The summed E-state index contributed by atoms with van der Waals surface area (Å²) in [6.45, 7) is 12.6. The Kier molecular flexibility index (Phi) is 19.5. The Bertz CT molecular complexity index is 401. The van der Waals surface area contributed by atoms with Crippen molar-refractivity contribution in [3.05, 3.63) is 0 Å². The summed E-state index contributed by atoms with van der Waals surface area (Å²) in [6, 6.07) is 0. The van der Waals surface area contributed by atoms with E-state index >= 15 is 0 Å². The molecular weight excluding hydrogens is 374 g/mol. The van der Waals surface area contributed by atoms with Crippen molar-refractivity contribution in [2.24, 2.45) is 11.8 Å². The van der Waals surface area contributed by atoms with Crippen molar-refractivity contribution in [3.8, 4) is 0 Å². The molecule has 0 radical (unpaired) electrons. The number of nitrogens with one attached hydrogen (secondary N) is 1. The molecule has 0 bridgehead atoms. The van der Waals surface area contributed by atoms with Crippen LogP contribution >= 0.6 is 0 Å². The van der Waals surface area contributed by atoms with Gasteiger partial charge in [-0.15, -0.1) is 0 Å². The molecule has 0 spiro atoms. The second-order valence-corrected chi connectivity index (χ2v) is 7.81. The van der Waals surface area contributed by atoms with Crippen LogP contribution in [0.3, 0.4) is 0 Å². The van der Waals surface area contributed by atoms with Crippen LogP contribution < -0.4 is 5.32 Å². The lowest BCUT2D eigenvalue weighted by atomic mass is 10.1. The molecule has 0 fully saturated rings. The molecular formula is C22H43NO6. The summed E-state index contributed by atoms with van der Waals surface area (Å²) < 4.78 is 21.6. The standard InChI is InChI=1S/C22H43NO6/c1-19(2)7-5-6-8-22(25)23-10-12-27-14-16-29-18-17-28-15-13-26-11-9-21(24)20(3)4/h19-20H,5-18H2,1-4H3,(H,23,25). The van der Waals surface area contributed by atoms with Crippen molar-refractivity contribution in [2.75, 3.05) is 59.4 Å². The maximum Gasteiger partial charge on any atom is 0.220 e. The van der Waals surface area contributed by atoms with Crippen molar-refractivity contribution >= 4 is 11.7 Å². The lowest BCUT2D eigenvalue weighted by molar-refractivity contribution is -0.123. The van der Waals surface area contributed by atoms with Gasteiger partial charge in [0.15, 0.2) is 0 Å². The molecule has 7 heteroatoms. The Morgan fingerprint density at radius 1 is 0.690 bits per heavy atom. The first-order chi connectivity index (χ1) is 13.9. The molecule has 29 heavy (non-hydrogen) atoms. The first kappa shape index (κ1) is 28.0. The zero-order valence-corrected chi connectivity index (χ0v) is 19.0. The van der Waals surface area contributed by atoms with Crippen molar-refractivity contribution in [1.82, 2.24) is 5.32 Å². The molecule has 0 aliphatic carbocycles. The summed E-state index contributed by atoms with van der Waals surface area (Å²) in [4.78, 5) is 23.0.